The number of hydrogen-bond acceptors (Lipinski definition) is 3. The van der Waals surface area contributed by atoms with Crippen LogP contribution in [0.1, 0.15) is 0 Å². The smallest absolute Gasteiger partial charge is 0.204 e. The van der Waals surface area contributed by atoms with Crippen LogP contribution in [0.25, 0.3) is 54.9 Å². The van der Waals surface area contributed by atoms with Crippen molar-refractivity contribution in [2.75, 3.05) is 21.3 Å². The molecule has 0 fully saturated rings. The van der Waals surface area contributed by atoms with Crippen molar-refractivity contribution in [3.63, 3.8) is 0 Å². The highest BCUT2D eigenvalue weighted by atomic mass is 35.5. The highest BCUT2D eigenvalue weighted by Crippen LogP contribution is 2.62. The second-order valence-electron chi connectivity index (χ2n) is 8.16. The predicted molar refractivity (Wildman–Crippen MR) is 141 cm³/mol. The molecule has 0 bridgehead atoms. The van der Waals surface area contributed by atoms with Gasteiger partial charge in [0.2, 0.25) is 5.75 Å². The van der Waals surface area contributed by atoms with Crippen LogP contribution in [-0.4, -0.2) is 21.3 Å². The van der Waals surface area contributed by atoms with Crippen LogP contribution in [0.15, 0.2) is 66.7 Å². The quantitative estimate of drug-likeness (QED) is 0.233. The molecule has 168 valence electrons. The molecule has 0 amide bonds. The molecule has 6 rings (SSSR count). The van der Waals surface area contributed by atoms with E-state index in [2.05, 4.69) is 24.3 Å². The van der Waals surface area contributed by atoms with Crippen LogP contribution in [-0.2, 0) is 0 Å². The predicted octanol–water partition coefficient (Wildman–Crippen LogP) is 8.64. The molecule has 0 unspecified atom stereocenters. The number of fused-ring (bicyclic) bond motifs is 5. The van der Waals surface area contributed by atoms with E-state index in [4.69, 9.17) is 37.4 Å². The van der Waals surface area contributed by atoms with Gasteiger partial charge in [0.25, 0.3) is 0 Å². The maximum Gasteiger partial charge on any atom is 0.204 e. The summed E-state index contributed by atoms with van der Waals surface area (Å²) in [7, 11) is 4.96. The Bertz CT molecular complexity index is 1620. The molecule has 0 saturated heterocycles. The van der Waals surface area contributed by atoms with Gasteiger partial charge < -0.3 is 14.2 Å². The van der Waals surface area contributed by atoms with Gasteiger partial charge >= 0.3 is 0 Å². The van der Waals surface area contributed by atoms with Crippen LogP contribution in [0.3, 0.4) is 0 Å². The molecule has 0 aliphatic heterocycles. The first-order chi connectivity index (χ1) is 16.6. The Morgan fingerprint density at radius 2 is 1.03 bits per heavy atom. The van der Waals surface area contributed by atoms with Gasteiger partial charge in [-0.3, -0.25) is 0 Å². The van der Waals surface area contributed by atoms with E-state index < -0.39 is 0 Å². The van der Waals surface area contributed by atoms with Crippen molar-refractivity contribution in [1.29, 1.82) is 0 Å². The summed E-state index contributed by atoms with van der Waals surface area (Å²) in [6.07, 6.45) is 0. The number of hydrogen-bond donors (Lipinski definition) is 0. The molecule has 0 N–H and O–H groups in total. The Morgan fingerprint density at radius 3 is 1.65 bits per heavy atom. The van der Waals surface area contributed by atoms with E-state index in [1.54, 1.807) is 21.3 Å². The van der Waals surface area contributed by atoms with E-state index in [1.807, 2.05) is 42.5 Å². The molecule has 34 heavy (non-hydrogen) atoms. The van der Waals surface area contributed by atoms with Gasteiger partial charge in [0.05, 0.1) is 21.3 Å². The van der Waals surface area contributed by atoms with Crippen LogP contribution in [0.4, 0.5) is 0 Å². The van der Waals surface area contributed by atoms with Gasteiger partial charge in [0.1, 0.15) is 0 Å². The molecule has 5 heteroatoms. The van der Waals surface area contributed by atoms with Gasteiger partial charge in [-0.05, 0) is 39.6 Å². The van der Waals surface area contributed by atoms with Gasteiger partial charge in [-0.25, -0.2) is 0 Å². The number of rotatable bonds is 4. The third kappa shape index (κ3) is 2.65. The van der Waals surface area contributed by atoms with Gasteiger partial charge in [0, 0.05) is 37.5 Å². The maximum absolute atomic E-state index is 6.80. The Labute approximate surface area is 207 Å². The summed E-state index contributed by atoms with van der Waals surface area (Å²) in [6.45, 7) is 0. The summed E-state index contributed by atoms with van der Waals surface area (Å²) in [6, 6.07) is 22.2. The molecular weight excluding hydrogens is 467 g/mol. The zero-order valence-electron chi connectivity index (χ0n) is 18.8. The Kier molecular flexibility index (Phi) is 4.87. The van der Waals surface area contributed by atoms with Gasteiger partial charge in [-0.1, -0.05) is 77.8 Å². The fourth-order valence-corrected chi connectivity index (χ4v) is 5.97. The standard InChI is InChI=1S/C29H20Cl2O3/c1-32-27-23-17-11-6-4-9-15(17)21(25-19(30)13-8-14-20(25)31)22-16-10-5-7-12-18(16)24(26(22)23)28(33-2)29(27)34-3/h4-14H,1-3H3. The van der Waals surface area contributed by atoms with Crippen molar-refractivity contribution in [2.24, 2.45) is 0 Å². The fourth-order valence-electron chi connectivity index (χ4n) is 5.38. The average Bonchev–Trinajstić information content (AvgIpc) is 3.20. The summed E-state index contributed by atoms with van der Waals surface area (Å²) >= 11 is 13.6. The summed E-state index contributed by atoms with van der Waals surface area (Å²) < 4.78 is 17.8. The van der Waals surface area contributed by atoms with E-state index >= 15 is 0 Å². The summed E-state index contributed by atoms with van der Waals surface area (Å²) in [5.41, 5.74) is 6.02. The van der Waals surface area contributed by atoms with Gasteiger partial charge in [-0.15, -0.1) is 0 Å². The normalized spacial score (nSPS) is 11.7. The zero-order chi connectivity index (χ0) is 23.6. The molecule has 0 radical (unpaired) electrons. The molecule has 0 aromatic heterocycles. The van der Waals surface area contributed by atoms with Gasteiger partial charge in [-0.2, -0.15) is 0 Å². The molecule has 5 aromatic carbocycles. The van der Waals surface area contributed by atoms with Crippen LogP contribution in [0.5, 0.6) is 17.2 Å². The van der Waals surface area contributed by atoms with Crippen LogP contribution < -0.4 is 14.2 Å². The zero-order valence-corrected chi connectivity index (χ0v) is 20.3. The van der Waals surface area contributed by atoms with Crippen LogP contribution in [0, 0.1) is 0 Å². The Morgan fingerprint density at radius 1 is 0.471 bits per heavy atom. The highest BCUT2D eigenvalue weighted by molar-refractivity contribution is 6.42. The molecule has 3 nitrogen and oxygen atoms in total. The minimum Gasteiger partial charge on any atom is -0.492 e. The molecule has 0 heterocycles. The molecule has 0 saturated carbocycles. The fraction of sp³-hybridized carbons (Fsp3) is 0.103. The first-order valence-electron chi connectivity index (χ1n) is 10.9. The van der Waals surface area contributed by atoms with Crippen molar-refractivity contribution in [1.82, 2.24) is 0 Å². The topological polar surface area (TPSA) is 27.7 Å². The number of halogens is 2. The lowest BCUT2D eigenvalue weighted by atomic mass is 9.86. The minimum absolute atomic E-state index is 0.573. The molecule has 0 atom stereocenters. The first kappa shape index (κ1) is 21.2. The molecular formula is C29H20Cl2O3. The molecule has 1 aliphatic carbocycles. The number of benzene rings is 5. The van der Waals surface area contributed by atoms with Crippen LogP contribution in [0.2, 0.25) is 10.0 Å². The maximum atomic E-state index is 6.80. The van der Waals surface area contributed by atoms with E-state index in [1.165, 1.54) is 0 Å². The van der Waals surface area contributed by atoms with E-state index in [0.29, 0.717) is 27.3 Å². The molecule has 5 aromatic rings. The van der Waals surface area contributed by atoms with Crippen molar-refractivity contribution < 1.29 is 14.2 Å². The second-order valence-corrected chi connectivity index (χ2v) is 8.98. The third-order valence-corrected chi connectivity index (χ3v) is 7.25. The van der Waals surface area contributed by atoms with Crippen molar-refractivity contribution in [3.05, 3.63) is 76.8 Å². The Hall–Kier alpha value is -3.40. The summed E-state index contributed by atoms with van der Waals surface area (Å²) in [5.74, 6) is 1.86. The average molecular weight is 487 g/mol. The lowest BCUT2D eigenvalue weighted by Crippen LogP contribution is -1.99. The molecule has 0 spiro atoms. The van der Waals surface area contributed by atoms with E-state index in [0.717, 1.165) is 54.9 Å². The second kappa shape index (κ2) is 7.83. The molecule has 1 aliphatic rings. The monoisotopic (exact) mass is 486 g/mol. The largest absolute Gasteiger partial charge is 0.492 e. The highest BCUT2D eigenvalue weighted by Gasteiger charge is 2.35. The summed E-state index contributed by atoms with van der Waals surface area (Å²) in [4.78, 5) is 0. The van der Waals surface area contributed by atoms with E-state index in [9.17, 15) is 0 Å². The number of ether oxygens (including phenoxy) is 3. The number of methoxy groups -OCH3 is 3. The minimum atomic E-state index is 0.573. The van der Waals surface area contributed by atoms with Crippen molar-refractivity contribution >= 4 is 44.7 Å². The van der Waals surface area contributed by atoms with Gasteiger partial charge in [0.15, 0.2) is 11.5 Å². The first-order valence-corrected chi connectivity index (χ1v) is 11.6. The van der Waals surface area contributed by atoms with Crippen molar-refractivity contribution in [2.45, 2.75) is 0 Å². The van der Waals surface area contributed by atoms with Crippen LogP contribution >= 0.6 is 23.2 Å². The Balaban J connectivity index is 2.00. The van der Waals surface area contributed by atoms with Crippen molar-refractivity contribution in [3.8, 4) is 50.6 Å². The lowest BCUT2D eigenvalue weighted by Gasteiger charge is -2.21. The summed E-state index contributed by atoms with van der Waals surface area (Å²) in [5, 5.41) is 5.29. The van der Waals surface area contributed by atoms with E-state index in [-0.39, 0.29) is 0 Å². The third-order valence-electron chi connectivity index (χ3n) is 6.62. The SMILES string of the molecule is COc1c(OC)c(OC)c2c3c1-c1ccccc1-c3c(-c1c(Cl)cccc1Cl)c1ccccc12. The lowest BCUT2D eigenvalue weighted by molar-refractivity contribution is 0.328.